The van der Waals surface area contributed by atoms with Gasteiger partial charge in [-0.2, -0.15) is 9.61 Å². The summed E-state index contributed by atoms with van der Waals surface area (Å²) in [5.74, 6) is 1.43. The van der Waals surface area contributed by atoms with Crippen LogP contribution < -0.4 is 5.32 Å². The maximum absolute atomic E-state index is 13.6. The lowest BCUT2D eigenvalue weighted by molar-refractivity contribution is -0.132. The minimum atomic E-state index is -0.0546. The highest BCUT2D eigenvalue weighted by atomic mass is 79.9. The summed E-state index contributed by atoms with van der Waals surface area (Å²) in [6.45, 7) is 1.37. The van der Waals surface area contributed by atoms with Gasteiger partial charge >= 0.3 is 0 Å². The van der Waals surface area contributed by atoms with Crippen LogP contribution in [0.15, 0.2) is 71.3 Å². The van der Waals surface area contributed by atoms with E-state index >= 15 is 0 Å². The van der Waals surface area contributed by atoms with Gasteiger partial charge in [0.25, 0.3) is 0 Å². The SMILES string of the molecule is CN(CCCNc1cc(-c2ccccc2Cl)nc2c(Br)cnn12)C(=O)C(c1ccccc1)C1CCCC1. The Kier molecular flexibility index (Phi) is 8.11. The maximum Gasteiger partial charge on any atom is 0.230 e. The van der Waals surface area contributed by atoms with Gasteiger partial charge in [-0.3, -0.25) is 4.79 Å². The van der Waals surface area contributed by atoms with Crippen LogP contribution in [0.2, 0.25) is 5.02 Å². The maximum atomic E-state index is 13.6. The van der Waals surface area contributed by atoms with Crippen LogP contribution in [0.1, 0.15) is 43.6 Å². The first-order valence-electron chi connectivity index (χ1n) is 12.9. The van der Waals surface area contributed by atoms with Crippen LogP contribution in [0.4, 0.5) is 5.82 Å². The molecule has 0 bridgehead atoms. The van der Waals surface area contributed by atoms with Crippen molar-refractivity contribution in [1.82, 2.24) is 19.5 Å². The number of fused-ring (bicyclic) bond motifs is 1. The van der Waals surface area contributed by atoms with Crippen LogP contribution in [-0.2, 0) is 4.79 Å². The minimum absolute atomic E-state index is 0.0546. The smallest absolute Gasteiger partial charge is 0.230 e. The highest BCUT2D eigenvalue weighted by Gasteiger charge is 2.33. The molecule has 1 saturated carbocycles. The average Bonchev–Trinajstić information content (AvgIpc) is 3.58. The molecule has 1 N–H and O–H groups in total. The van der Waals surface area contributed by atoms with Gasteiger partial charge in [-0.15, -0.1) is 0 Å². The highest BCUT2D eigenvalue weighted by molar-refractivity contribution is 9.10. The third-order valence-electron chi connectivity index (χ3n) is 7.23. The average molecular weight is 581 g/mol. The molecule has 1 aliphatic carbocycles. The van der Waals surface area contributed by atoms with E-state index < -0.39 is 0 Å². The van der Waals surface area contributed by atoms with E-state index in [-0.39, 0.29) is 11.8 Å². The largest absolute Gasteiger partial charge is 0.370 e. The molecule has 5 rings (SSSR count). The van der Waals surface area contributed by atoms with E-state index in [9.17, 15) is 4.79 Å². The van der Waals surface area contributed by atoms with Crippen LogP contribution in [-0.4, -0.2) is 45.5 Å². The molecule has 37 heavy (non-hydrogen) atoms. The fraction of sp³-hybridized carbons (Fsp3) is 0.345. The lowest BCUT2D eigenvalue weighted by Crippen LogP contribution is -2.36. The third kappa shape index (κ3) is 5.68. The first-order valence-corrected chi connectivity index (χ1v) is 14.0. The van der Waals surface area contributed by atoms with Crippen molar-refractivity contribution in [2.24, 2.45) is 5.92 Å². The number of nitrogens with zero attached hydrogens (tertiary/aromatic N) is 4. The van der Waals surface area contributed by atoms with Crippen LogP contribution in [0, 0.1) is 5.92 Å². The Balaban J connectivity index is 1.27. The van der Waals surface area contributed by atoms with Crippen molar-refractivity contribution < 1.29 is 4.79 Å². The van der Waals surface area contributed by atoms with E-state index in [1.54, 1.807) is 10.7 Å². The number of rotatable bonds is 9. The molecule has 6 nitrogen and oxygen atoms in total. The second kappa shape index (κ2) is 11.7. The predicted molar refractivity (Wildman–Crippen MR) is 153 cm³/mol. The molecule has 0 radical (unpaired) electrons. The van der Waals surface area contributed by atoms with Crippen LogP contribution in [0.3, 0.4) is 0 Å². The summed E-state index contributed by atoms with van der Waals surface area (Å²) in [7, 11) is 1.93. The van der Waals surface area contributed by atoms with Crippen LogP contribution in [0.25, 0.3) is 16.9 Å². The zero-order valence-corrected chi connectivity index (χ0v) is 23.3. The summed E-state index contributed by atoms with van der Waals surface area (Å²) in [6, 6.07) is 19.9. The van der Waals surface area contributed by atoms with Gasteiger partial charge in [-0.25, -0.2) is 4.98 Å². The Morgan fingerprint density at radius 2 is 1.89 bits per heavy atom. The lowest BCUT2D eigenvalue weighted by atomic mass is 9.84. The molecule has 0 saturated heterocycles. The zero-order chi connectivity index (χ0) is 25.8. The number of hydrogen-bond acceptors (Lipinski definition) is 4. The summed E-state index contributed by atoms with van der Waals surface area (Å²) in [6.07, 6.45) is 7.24. The number of likely N-dealkylation sites (N-methyl/N-ethyl adjacent to an activating group) is 1. The van der Waals surface area contributed by atoms with Crippen LogP contribution >= 0.6 is 27.5 Å². The number of amides is 1. The summed E-state index contributed by atoms with van der Waals surface area (Å²) in [4.78, 5) is 20.2. The predicted octanol–water partition coefficient (Wildman–Crippen LogP) is 7.05. The van der Waals surface area contributed by atoms with E-state index in [2.05, 4.69) is 38.5 Å². The first-order chi connectivity index (χ1) is 18.0. The van der Waals surface area contributed by atoms with Crippen molar-refractivity contribution in [3.05, 3.63) is 81.9 Å². The zero-order valence-electron chi connectivity index (χ0n) is 20.9. The molecule has 2 aromatic carbocycles. The highest BCUT2D eigenvalue weighted by Crippen LogP contribution is 2.38. The van der Waals surface area contributed by atoms with Gasteiger partial charge in [0.15, 0.2) is 5.65 Å². The number of carbonyl (C=O) groups excluding carboxylic acids is 1. The fourth-order valence-electron chi connectivity index (χ4n) is 5.32. The van der Waals surface area contributed by atoms with Crippen molar-refractivity contribution in [2.75, 3.05) is 25.5 Å². The lowest BCUT2D eigenvalue weighted by Gasteiger charge is -2.28. The molecule has 4 aromatic rings. The van der Waals surface area contributed by atoms with Gasteiger partial charge in [-0.1, -0.05) is 73.0 Å². The number of hydrogen-bond donors (Lipinski definition) is 1. The van der Waals surface area contributed by atoms with Crippen molar-refractivity contribution in [3.8, 4) is 11.3 Å². The van der Waals surface area contributed by atoms with Crippen molar-refractivity contribution >= 4 is 44.9 Å². The summed E-state index contributed by atoms with van der Waals surface area (Å²) in [5.41, 5.74) is 3.50. The molecule has 8 heteroatoms. The van der Waals surface area contributed by atoms with E-state index in [0.29, 0.717) is 24.0 Å². The Bertz CT molecular complexity index is 1370. The van der Waals surface area contributed by atoms with E-state index in [0.717, 1.165) is 52.0 Å². The van der Waals surface area contributed by atoms with Gasteiger partial charge in [-0.05, 0) is 52.7 Å². The van der Waals surface area contributed by atoms with Crippen molar-refractivity contribution in [3.63, 3.8) is 0 Å². The van der Waals surface area contributed by atoms with Crippen molar-refractivity contribution in [2.45, 2.75) is 38.0 Å². The summed E-state index contributed by atoms with van der Waals surface area (Å²) < 4.78 is 2.60. The molecule has 1 unspecified atom stereocenters. The van der Waals surface area contributed by atoms with Gasteiger partial charge in [0.1, 0.15) is 5.82 Å². The molecule has 1 aliphatic rings. The van der Waals surface area contributed by atoms with E-state index in [1.165, 1.54) is 12.8 Å². The van der Waals surface area contributed by atoms with Gasteiger partial charge in [0.2, 0.25) is 5.91 Å². The molecule has 1 amide bonds. The molecule has 1 fully saturated rings. The number of nitrogens with one attached hydrogen (secondary N) is 1. The van der Waals surface area contributed by atoms with Crippen molar-refractivity contribution in [1.29, 1.82) is 0 Å². The number of aromatic nitrogens is 3. The summed E-state index contributed by atoms with van der Waals surface area (Å²) >= 11 is 10.0. The molecule has 1 atom stereocenters. The molecule has 2 aromatic heterocycles. The van der Waals surface area contributed by atoms with Gasteiger partial charge in [0, 0.05) is 36.8 Å². The summed E-state index contributed by atoms with van der Waals surface area (Å²) in [5, 5.41) is 8.61. The monoisotopic (exact) mass is 579 g/mol. The molecule has 0 spiro atoms. The van der Waals surface area contributed by atoms with Crippen LogP contribution in [0.5, 0.6) is 0 Å². The first kappa shape index (κ1) is 25.7. The topological polar surface area (TPSA) is 62.5 Å². The van der Waals surface area contributed by atoms with E-state index in [1.807, 2.05) is 60.5 Å². The standard InChI is InChI=1S/C29H31BrClN5O/c1-35(29(37)27(21-12-5-6-13-21)20-10-3-2-4-11-20)17-9-16-32-26-18-25(22-14-7-8-15-24(22)31)34-28-23(30)19-33-36(26)28/h2-4,7-8,10-11,14-15,18-19,21,27,32H,5-6,9,12-13,16-17H2,1H3. The van der Waals surface area contributed by atoms with Gasteiger partial charge in [0.05, 0.1) is 22.3 Å². The fourth-order valence-corrected chi connectivity index (χ4v) is 5.90. The normalized spacial score (nSPS) is 14.7. The Hall–Kier alpha value is -2.90. The molecule has 192 valence electrons. The Labute approximate surface area is 231 Å². The molecular weight excluding hydrogens is 550 g/mol. The van der Waals surface area contributed by atoms with E-state index in [4.69, 9.17) is 16.6 Å². The molecule has 0 aliphatic heterocycles. The Morgan fingerprint density at radius 3 is 2.65 bits per heavy atom. The Morgan fingerprint density at radius 1 is 1.16 bits per heavy atom. The molecule has 2 heterocycles. The minimum Gasteiger partial charge on any atom is -0.370 e. The molecular formula is C29H31BrClN5O. The quantitative estimate of drug-likeness (QED) is 0.216. The third-order valence-corrected chi connectivity index (χ3v) is 8.12. The second-order valence-corrected chi connectivity index (χ2v) is 11.0. The number of anilines is 1. The number of halogens is 2. The second-order valence-electron chi connectivity index (χ2n) is 9.71. The number of benzene rings is 2. The number of carbonyl (C=O) groups is 1. The van der Waals surface area contributed by atoms with Gasteiger partial charge < -0.3 is 10.2 Å².